The van der Waals surface area contributed by atoms with E-state index in [1.54, 1.807) is 22.0 Å². The van der Waals surface area contributed by atoms with Crippen LogP contribution >= 0.6 is 22.9 Å². The molecule has 0 spiro atoms. The number of thiophene rings is 1. The Balaban J connectivity index is 0.804. The van der Waals surface area contributed by atoms with E-state index < -0.39 is 6.04 Å². The van der Waals surface area contributed by atoms with Gasteiger partial charge >= 0.3 is 0 Å². The first kappa shape index (κ1) is 46.2. The van der Waals surface area contributed by atoms with Gasteiger partial charge in [-0.3, -0.25) is 28.6 Å². The van der Waals surface area contributed by atoms with Crippen molar-refractivity contribution in [3.05, 3.63) is 116 Å². The van der Waals surface area contributed by atoms with Crippen LogP contribution in [0.25, 0.3) is 22.1 Å². The van der Waals surface area contributed by atoms with Gasteiger partial charge in [0.05, 0.1) is 17.7 Å². The summed E-state index contributed by atoms with van der Waals surface area (Å²) in [6, 6.07) is 18.3. The van der Waals surface area contributed by atoms with E-state index in [4.69, 9.17) is 16.6 Å². The van der Waals surface area contributed by atoms with Gasteiger partial charge in [0.2, 0.25) is 11.7 Å². The zero-order valence-corrected chi connectivity index (χ0v) is 40.5. The molecule has 2 fully saturated rings. The molecule has 67 heavy (non-hydrogen) atoms. The number of fused-ring (bicyclic) bond motifs is 3. The number of nitrogens with zero attached hydrogens (tertiary/aromatic N) is 10. The van der Waals surface area contributed by atoms with Gasteiger partial charge in [-0.15, -0.1) is 31.7 Å². The van der Waals surface area contributed by atoms with Crippen molar-refractivity contribution in [2.75, 3.05) is 52.4 Å². The van der Waals surface area contributed by atoms with E-state index in [1.165, 1.54) is 16.5 Å². The quantitative estimate of drug-likeness (QED) is 0.110. The minimum atomic E-state index is -0.482. The number of benzene rings is 3. The van der Waals surface area contributed by atoms with Crippen LogP contribution in [0.3, 0.4) is 0 Å². The van der Waals surface area contributed by atoms with Crippen LogP contribution in [0.5, 0.6) is 11.5 Å². The summed E-state index contributed by atoms with van der Waals surface area (Å²) in [7, 11) is 0. The van der Waals surface area contributed by atoms with Crippen molar-refractivity contribution in [2.24, 2.45) is 10.9 Å². The highest BCUT2D eigenvalue weighted by atomic mass is 35.5. The molecular formula is C50H58ClN11O4S. The van der Waals surface area contributed by atoms with Gasteiger partial charge < -0.3 is 25.3 Å². The molecule has 6 aromatic rings. The Morgan fingerprint density at radius 2 is 1.55 bits per heavy atom. The van der Waals surface area contributed by atoms with Crippen LogP contribution in [-0.2, 0) is 11.3 Å². The molecule has 2 saturated heterocycles. The standard InChI is InChI=1S/C50H58ClN11O4S/c1-7-52-49(66)48-57-55-46(39-24-38(29(2)3)41(63)26-42(39)64)62(48)37-14-8-33(9-15-37)27-58-20-22-59(23-21-58)28-34-16-18-60(19-17-34)43(65)25-40-47-56-54-32(6)61(47)50-44(30(4)31(5)67-50)45(53-40)35-10-12-36(51)13-11-35/h8-15,24,26,29,34,40,63-64H,7,16-23,25,27-28H2,1-6H3,(H,52,66)/t40-/m0/s1. The molecule has 0 saturated carbocycles. The zero-order chi connectivity index (χ0) is 47.1. The molecule has 3 aliphatic rings. The lowest BCUT2D eigenvalue weighted by Gasteiger charge is -2.39. The molecule has 3 aliphatic heterocycles. The number of aryl methyl sites for hydroxylation is 2. The Kier molecular flexibility index (Phi) is 13.3. The Bertz CT molecular complexity index is 2820. The summed E-state index contributed by atoms with van der Waals surface area (Å²) in [5.74, 6) is 1.97. The van der Waals surface area contributed by atoms with Gasteiger partial charge in [0.15, 0.2) is 11.6 Å². The predicted octanol–water partition coefficient (Wildman–Crippen LogP) is 7.78. The highest BCUT2D eigenvalue weighted by molar-refractivity contribution is 7.15. The molecule has 6 heterocycles. The van der Waals surface area contributed by atoms with E-state index in [2.05, 4.69) is 66.1 Å². The molecule has 0 unspecified atom stereocenters. The lowest BCUT2D eigenvalue weighted by Crippen LogP contribution is -2.48. The van der Waals surface area contributed by atoms with E-state index in [1.807, 2.05) is 69.0 Å². The maximum absolute atomic E-state index is 14.1. The number of aromatic nitrogens is 6. The Morgan fingerprint density at radius 3 is 2.24 bits per heavy atom. The van der Waals surface area contributed by atoms with Crippen LogP contribution < -0.4 is 5.32 Å². The molecule has 0 aliphatic carbocycles. The first-order valence-corrected chi connectivity index (χ1v) is 24.4. The fourth-order valence-corrected chi connectivity index (χ4v) is 11.0. The number of phenolic OH excluding ortho intramolecular Hbond substituents is 2. The van der Waals surface area contributed by atoms with Crippen LogP contribution in [0, 0.1) is 26.7 Å². The highest BCUT2D eigenvalue weighted by Crippen LogP contribution is 2.41. The molecular weight excluding hydrogens is 886 g/mol. The molecule has 1 atom stereocenters. The summed E-state index contributed by atoms with van der Waals surface area (Å²) in [5.41, 5.74) is 6.90. The van der Waals surface area contributed by atoms with Gasteiger partial charge in [-0.05, 0) is 99.4 Å². The number of carbonyl (C=O) groups excluding carboxylic acids is 2. The number of phenols is 2. The second kappa shape index (κ2) is 19.3. The van der Waals surface area contributed by atoms with E-state index in [9.17, 15) is 19.8 Å². The lowest BCUT2D eigenvalue weighted by atomic mass is 9.95. The van der Waals surface area contributed by atoms with E-state index in [0.29, 0.717) is 45.9 Å². The normalized spacial score (nSPS) is 17.0. The molecule has 3 aromatic heterocycles. The van der Waals surface area contributed by atoms with Crippen molar-refractivity contribution in [1.82, 2.24) is 49.5 Å². The van der Waals surface area contributed by atoms with Gasteiger partial charge in [-0.2, -0.15) is 0 Å². The van der Waals surface area contributed by atoms with Crippen molar-refractivity contribution in [2.45, 2.75) is 79.3 Å². The first-order valence-electron chi connectivity index (χ1n) is 23.3. The van der Waals surface area contributed by atoms with Crippen LogP contribution in [0.2, 0.25) is 5.02 Å². The van der Waals surface area contributed by atoms with Gasteiger partial charge in [0.25, 0.3) is 5.91 Å². The summed E-state index contributed by atoms with van der Waals surface area (Å²) in [6.45, 7) is 19.5. The van der Waals surface area contributed by atoms with Gasteiger partial charge in [0, 0.05) is 91.7 Å². The number of likely N-dealkylation sites (tertiary alicyclic amines) is 1. The van der Waals surface area contributed by atoms with E-state index >= 15 is 0 Å². The number of amides is 2. The third kappa shape index (κ3) is 9.36. The maximum atomic E-state index is 14.1. The molecule has 17 heteroatoms. The third-order valence-corrected chi connectivity index (χ3v) is 14.9. The molecule has 9 rings (SSSR count). The number of carbonyl (C=O) groups is 2. The lowest BCUT2D eigenvalue weighted by molar-refractivity contribution is -0.133. The van der Waals surface area contributed by atoms with Crippen molar-refractivity contribution >= 4 is 40.5 Å². The minimum Gasteiger partial charge on any atom is -0.508 e. The molecule has 2 amide bonds. The largest absolute Gasteiger partial charge is 0.508 e. The van der Waals surface area contributed by atoms with Crippen LogP contribution in [0.4, 0.5) is 0 Å². The van der Waals surface area contributed by atoms with Crippen LogP contribution in [0.15, 0.2) is 65.7 Å². The fraction of sp³-hybridized carbons (Fsp3) is 0.420. The second-order valence-electron chi connectivity index (χ2n) is 18.3. The van der Waals surface area contributed by atoms with E-state index in [-0.39, 0.29) is 41.5 Å². The molecule has 0 radical (unpaired) electrons. The van der Waals surface area contributed by atoms with Gasteiger partial charge in [-0.25, -0.2) is 0 Å². The summed E-state index contributed by atoms with van der Waals surface area (Å²) in [4.78, 5) is 40.8. The second-order valence-corrected chi connectivity index (χ2v) is 19.9. The third-order valence-electron chi connectivity index (χ3n) is 13.5. The number of piperidine rings is 1. The average Bonchev–Trinajstić information content (AvgIpc) is 3.98. The SMILES string of the molecule is CCNC(=O)c1nnc(-c2cc(C(C)C)c(O)cc2O)n1-c1ccc(CN2CCN(CC3CCN(C(=O)C[C@@H]4N=C(c5ccc(Cl)cc5)c5c(sc(C)c5C)-n5c(C)nnc54)CC3)CC2)cc1. The summed E-state index contributed by atoms with van der Waals surface area (Å²) in [5, 5.41) is 43.6. The minimum absolute atomic E-state index is 0.000684. The number of nitrogens with one attached hydrogen (secondary N) is 1. The Labute approximate surface area is 400 Å². The van der Waals surface area contributed by atoms with Crippen LogP contribution in [-0.4, -0.2) is 124 Å². The van der Waals surface area contributed by atoms with Gasteiger partial charge in [0.1, 0.15) is 28.4 Å². The monoisotopic (exact) mass is 943 g/mol. The van der Waals surface area contributed by atoms with Gasteiger partial charge in [-0.1, -0.05) is 49.7 Å². The van der Waals surface area contributed by atoms with Crippen molar-refractivity contribution in [3.63, 3.8) is 0 Å². The Morgan fingerprint density at radius 1 is 0.851 bits per heavy atom. The number of halogens is 1. The number of piperazine rings is 1. The summed E-state index contributed by atoms with van der Waals surface area (Å²) >= 11 is 8.01. The fourth-order valence-electron chi connectivity index (χ4n) is 9.62. The molecule has 3 N–H and O–H groups in total. The van der Waals surface area contributed by atoms with Crippen molar-refractivity contribution in [1.29, 1.82) is 0 Å². The predicted molar refractivity (Wildman–Crippen MR) is 261 cm³/mol. The topological polar surface area (TPSA) is 170 Å². The molecule has 3 aromatic carbocycles. The number of aliphatic imine (C=N–C) groups is 1. The Hall–Kier alpha value is -5.94. The summed E-state index contributed by atoms with van der Waals surface area (Å²) < 4.78 is 3.76. The smallest absolute Gasteiger partial charge is 0.289 e. The number of hydrogen-bond acceptors (Lipinski definition) is 12. The van der Waals surface area contributed by atoms with Crippen molar-refractivity contribution in [3.8, 4) is 33.6 Å². The average molecular weight is 945 g/mol. The molecule has 350 valence electrons. The zero-order valence-electron chi connectivity index (χ0n) is 39.0. The first-order chi connectivity index (χ1) is 32.3. The van der Waals surface area contributed by atoms with E-state index in [0.717, 1.165) is 98.4 Å². The highest BCUT2D eigenvalue weighted by Gasteiger charge is 2.35. The summed E-state index contributed by atoms with van der Waals surface area (Å²) in [6.07, 6.45) is 2.16. The maximum Gasteiger partial charge on any atom is 0.289 e. The van der Waals surface area contributed by atoms with Crippen molar-refractivity contribution < 1.29 is 19.8 Å². The molecule has 15 nitrogen and oxygen atoms in total. The number of aromatic hydroxyl groups is 2. The van der Waals surface area contributed by atoms with Crippen LogP contribution in [0.1, 0.15) is 107 Å². The number of hydrogen-bond donors (Lipinski definition) is 3. The molecule has 0 bridgehead atoms. The number of rotatable bonds is 12.